The lowest BCUT2D eigenvalue weighted by molar-refractivity contribution is 0.271. The van der Waals surface area contributed by atoms with Gasteiger partial charge in [0.15, 0.2) is 0 Å². The highest BCUT2D eigenvalue weighted by Crippen LogP contribution is 2.34. The number of aliphatic hydroxyl groups is 1. The van der Waals surface area contributed by atoms with E-state index in [4.69, 9.17) is 14.6 Å². The summed E-state index contributed by atoms with van der Waals surface area (Å²) in [6, 6.07) is 3.54. The Balaban J connectivity index is 3.23. The number of hydrogen-bond donors (Lipinski definition) is 1. The van der Waals surface area contributed by atoms with Gasteiger partial charge in [-0.25, -0.2) is 0 Å². The van der Waals surface area contributed by atoms with Crippen molar-refractivity contribution in [1.82, 2.24) is 0 Å². The monoisotopic (exact) mass is 246 g/mol. The molecule has 72 valence electrons. The van der Waals surface area contributed by atoms with E-state index in [1.807, 2.05) is 0 Å². The van der Waals surface area contributed by atoms with Crippen LogP contribution >= 0.6 is 15.9 Å². The zero-order valence-electron chi connectivity index (χ0n) is 7.50. The predicted octanol–water partition coefficient (Wildman–Crippen LogP) is 1.96. The van der Waals surface area contributed by atoms with Gasteiger partial charge in [0.05, 0.1) is 25.3 Å². The lowest BCUT2D eigenvalue weighted by atomic mass is 10.2. The smallest absolute Gasteiger partial charge is 0.133 e. The summed E-state index contributed by atoms with van der Waals surface area (Å²) in [6.45, 7) is -0.0824. The Morgan fingerprint density at radius 3 is 2.23 bits per heavy atom. The van der Waals surface area contributed by atoms with Crippen LogP contribution in [0.25, 0.3) is 0 Å². The van der Waals surface area contributed by atoms with Crippen LogP contribution in [0.2, 0.25) is 0 Å². The van der Waals surface area contributed by atoms with Gasteiger partial charge in [-0.3, -0.25) is 0 Å². The van der Waals surface area contributed by atoms with Crippen LogP contribution in [0.1, 0.15) is 5.56 Å². The summed E-state index contributed by atoms with van der Waals surface area (Å²) in [7, 11) is 3.14. The van der Waals surface area contributed by atoms with Crippen molar-refractivity contribution in [3.8, 4) is 11.5 Å². The summed E-state index contributed by atoms with van der Waals surface area (Å²) in [5.74, 6) is 1.33. The fraction of sp³-hybridized carbons (Fsp3) is 0.333. The third-order valence-corrected chi connectivity index (χ3v) is 2.63. The minimum absolute atomic E-state index is 0.0824. The second-order valence-electron chi connectivity index (χ2n) is 2.42. The largest absolute Gasteiger partial charge is 0.496 e. The molecule has 3 nitrogen and oxygen atoms in total. The second kappa shape index (κ2) is 4.48. The first kappa shape index (κ1) is 10.3. The molecule has 0 saturated carbocycles. The van der Waals surface area contributed by atoms with Gasteiger partial charge in [-0.05, 0) is 28.1 Å². The van der Waals surface area contributed by atoms with Gasteiger partial charge in [-0.15, -0.1) is 0 Å². The van der Waals surface area contributed by atoms with Crippen LogP contribution in [0.3, 0.4) is 0 Å². The molecule has 1 rings (SSSR count). The minimum atomic E-state index is -0.0824. The van der Waals surface area contributed by atoms with Gasteiger partial charge in [0, 0.05) is 5.56 Å². The van der Waals surface area contributed by atoms with Gasteiger partial charge in [0.25, 0.3) is 0 Å². The highest BCUT2D eigenvalue weighted by molar-refractivity contribution is 9.10. The molecular formula is C9H11BrO3. The van der Waals surface area contributed by atoms with E-state index in [0.717, 1.165) is 4.47 Å². The van der Waals surface area contributed by atoms with E-state index in [1.165, 1.54) is 0 Å². The van der Waals surface area contributed by atoms with Crippen molar-refractivity contribution in [2.24, 2.45) is 0 Å². The number of halogens is 1. The summed E-state index contributed by atoms with van der Waals surface area (Å²) < 4.78 is 10.9. The van der Waals surface area contributed by atoms with E-state index in [2.05, 4.69) is 15.9 Å². The van der Waals surface area contributed by atoms with Crippen molar-refractivity contribution in [2.45, 2.75) is 6.61 Å². The number of hydrogen-bond acceptors (Lipinski definition) is 3. The maximum absolute atomic E-state index is 9.08. The standard InChI is InChI=1S/C9H11BrO3/c1-12-7-3-4-8(13-2)9(10)6(7)5-11/h3-4,11H,5H2,1-2H3. The van der Waals surface area contributed by atoms with E-state index in [1.54, 1.807) is 26.4 Å². The Labute approximate surface area is 85.4 Å². The second-order valence-corrected chi connectivity index (χ2v) is 3.21. The molecular weight excluding hydrogens is 236 g/mol. The fourth-order valence-corrected chi connectivity index (χ4v) is 1.69. The number of benzene rings is 1. The molecule has 0 saturated heterocycles. The first-order valence-electron chi connectivity index (χ1n) is 3.74. The Morgan fingerprint density at radius 2 is 1.77 bits per heavy atom. The van der Waals surface area contributed by atoms with Gasteiger partial charge in [0.2, 0.25) is 0 Å². The number of ether oxygens (including phenoxy) is 2. The molecule has 0 spiro atoms. The molecule has 0 heterocycles. The molecule has 0 aromatic heterocycles. The quantitative estimate of drug-likeness (QED) is 0.887. The molecule has 0 aliphatic rings. The van der Waals surface area contributed by atoms with E-state index >= 15 is 0 Å². The fourth-order valence-electron chi connectivity index (χ4n) is 1.08. The third kappa shape index (κ3) is 1.95. The predicted molar refractivity (Wildman–Crippen MR) is 53.2 cm³/mol. The van der Waals surface area contributed by atoms with Crippen LogP contribution in [0.4, 0.5) is 0 Å². The zero-order valence-corrected chi connectivity index (χ0v) is 9.09. The molecule has 0 radical (unpaired) electrons. The minimum Gasteiger partial charge on any atom is -0.496 e. The molecule has 1 N–H and O–H groups in total. The summed E-state index contributed by atoms with van der Waals surface area (Å²) >= 11 is 3.33. The van der Waals surface area contributed by atoms with Gasteiger partial charge >= 0.3 is 0 Å². The number of rotatable bonds is 3. The van der Waals surface area contributed by atoms with Gasteiger partial charge < -0.3 is 14.6 Å². The van der Waals surface area contributed by atoms with Gasteiger partial charge in [-0.2, -0.15) is 0 Å². The first-order valence-corrected chi connectivity index (χ1v) is 4.54. The van der Waals surface area contributed by atoms with Crippen molar-refractivity contribution in [1.29, 1.82) is 0 Å². The van der Waals surface area contributed by atoms with E-state index in [9.17, 15) is 0 Å². The molecule has 13 heavy (non-hydrogen) atoms. The summed E-state index contributed by atoms with van der Waals surface area (Å²) in [5, 5.41) is 9.08. The molecule has 1 aromatic rings. The van der Waals surface area contributed by atoms with Crippen molar-refractivity contribution in [2.75, 3.05) is 14.2 Å². The van der Waals surface area contributed by atoms with E-state index in [-0.39, 0.29) is 6.61 Å². The first-order chi connectivity index (χ1) is 6.24. The molecule has 0 amide bonds. The van der Waals surface area contributed by atoms with Gasteiger partial charge in [-0.1, -0.05) is 0 Å². The average molecular weight is 247 g/mol. The normalized spacial score (nSPS) is 9.85. The molecule has 0 unspecified atom stereocenters. The summed E-state index contributed by atoms with van der Waals surface area (Å²) in [6.07, 6.45) is 0. The highest BCUT2D eigenvalue weighted by Gasteiger charge is 2.10. The van der Waals surface area contributed by atoms with Crippen molar-refractivity contribution in [3.05, 3.63) is 22.2 Å². The topological polar surface area (TPSA) is 38.7 Å². The molecule has 0 fully saturated rings. The lowest BCUT2D eigenvalue weighted by Gasteiger charge is -2.11. The van der Waals surface area contributed by atoms with Crippen LogP contribution in [0, 0.1) is 0 Å². The van der Waals surface area contributed by atoms with Crippen molar-refractivity contribution < 1.29 is 14.6 Å². The third-order valence-electron chi connectivity index (χ3n) is 1.76. The van der Waals surface area contributed by atoms with E-state index < -0.39 is 0 Å². The van der Waals surface area contributed by atoms with Crippen LogP contribution < -0.4 is 9.47 Å². The van der Waals surface area contributed by atoms with Crippen LogP contribution in [0.15, 0.2) is 16.6 Å². The summed E-state index contributed by atoms with van der Waals surface area (Å²) in [5.41, 5.74) is 0.696. The Kier molecular flexibility index (Phi) is 3.57. The molecule has 4 heteroatoms. The Bertz CT molecular complexity index is 299. The average Bonchev–Trinajstić information content (AvgIpc) is 2.17. The maximum atomic E-state index is 9.08. The van der Waals surface area contributed by atoms with E-state index in [0.29, 0.717) is 17.1 Å². The van der Waals surface area contributed by atoms with Crippen molar-refractivity contribution in [3.63, 3.8) is 0 Å². The summed E-state index contributed by atoms with van der Waals surface area (Å²) in [4.78, 5) is 0. The number of aliphatic hydroxyl groups excluding tert-OH is 1. The zero-order chi connectivity index (χ0) is 9.84. The van der Waals surface area contributed by atoms with Crippen LogP contribution in [-0.2, 0) is 6.61 Å². The van der Waals surface area contributed by atoms with Gasteiger partial charge in [0.1, 0.15) is 11.5 Å². The highest BCUT2D eigenvalue weighted by atomic mass is 79.9. The Morgan fingerprint density at radius 1 is 1.23 bits per heavy atom. The maximum Gasteiger partial charge on any atom is 0.133 e. The SMILES string of the molecule is COc1ccc(OC)c(CO)c1Br. The molecule has 0 aliphatic carbocycles. The number of methoxy groups -OCH3 is 2. The van der Waals surface area contributed by atoms with Crippen LogP contribution in [-0.4, -0.2) is 19.3 Å². The van der Waals surface area contributed by atoms with Crippen molar-refractivity contribution >= 4 is 15.9 Å². The lowest BCUT2D eigenvalue weighted by Crippen LogP contribution is -1.95. The van der Waals surface area contributed by atoms with Crippen LogP contribution in [0.5, 0.6) is 11.5 Å². The molecule has 0 bridgehead atoms. The Hall–Kier alpha value is -0.740. The molecule has 1 aromatic carbocycles. The molecule has 0 atom stereocenters. The molecule has 0 aliphatic heterocycles.